The Balaban J connectivity index is 2.72. The van der Waals surface area contributed by atoms with Gasteiger partial charge < -0.3 is 10.5 Å². The minimum atomic E-state index is -0.874. The van der Waals surface area contributed by atoms with Crippen LogP contribution in [-0.2, 0) is 9.53 Å². The van der Waals surface area contributed by atoms with Crippen LogP contribution in [0.25, 0.3) is 0 Å². The highest BCUT2D eigenvalue weighted by molar-refractivity contribution is 8.02. The summed E-state index contributed by atoms with van der Waals surface area (Å²) in [6.45, 7) is 4.02. The van der Waals surface area contributed by atoms with Crippen LogP contribution in [0.15, 0.2) is 11.0 Å². The van der Waals surface area contributed by atoms with E-state index in [0.717, 1.165) is 5.57 Å². The molecule has 1 atom stereocenters. The van der Waals surface area contributed by atoms with Crippen LogP contribution in [0.2, 0.25) is 0 Å². The van der Waals surface area contributed by atoms with E-state index in [4.69, 9.17) is 10.5 Å². The molecule has 1 unspecified atom stereocenters. The summed E-state index contributed by atoms with van der Waals surface area (Å²) in [6.07, 6.45) is 0. The maximum atomic E-state index is 11.4. The summed E-state index contributed by atoms with van der Waals surface area (Å²) in [5.41, 5.74) is 5.89. The fourth-order valence-corrected chi connectivity index (χ4v) is 2.15. The lowest BCUT2D eigenvalue weighted by atomic mass is 9.96. The lowest BCUT2D eigenvalue weighted by Gasteiger charge is -2.22. The van der Waals surface area contributed by atoms with Gasteiger partial charge in [0.05, 0.1) is 6.61 Å². The predicted molar refractivity (Wildman–Crippen MR) is 49.8 cm³/mol. The second-order valence-electron chi connectivity index (χ2n) is 2.80. The van der Waals surface area contributed by atoms with Crippen LogP contribution in [0.1, 0.15) is 13.8 Å². The molecule has 1 heterocycles. The molecule has 0 aromatic rings. The molecular weight excluding hydrogens is 174 g/mol. The Hall–Kier alpha value is -0.480. The van der Waals surface area contributed by atoms with Gasteiger partial charge in [0, 0.05) is 5.75 Å². The van der Waals surface area contributed by atoms with Gasteiger partial charge in [-0.15, -0.1) is 11.8 Å². The van der Waals surface area contributed by atoms with Crippen LogP contribution in [0.4, 0.5) is 0 Å². The van der Waals surface area contributed by atoms with E-state index in [0.29, 0.717) is 12.4 Å². The van der Waals surface area contributed by atoms with E-state index in [1.54, 1.807) is 18.7 Å². The maximum Gasteiger partial charge on any atom is 0.331 e. The molecule has 0 saturated heterocycles. The normalized spacial score (nSPS) is 28.4. The largest absolute Gasteiger partial charge is 0.464 e. The molecule has 0 fully saturated rings. The first-order valence-electron chi connectivity index (χ1n) is 3.86. The van der Waals surface area contributed by atoms with Crippen molar-refractivity contribution in [1.29, 1.82) is 0 Å². The van der Waals surface area contributed by atoms with Gasteiger partial charge in [0.15, 0.2) is 0 Å². The third-order valence-electron chi connectivity index (χ3n) is 1.91. The van der Waals surface area contributed by atoms with Gasteiger partial charge in [-0.25, -0.2) is 4.79 Å². The summed E-state index contributed by atoms with van der Waals surface area (Å²) in [7, 11) is 0. The Morgan fingerprint density at radius 2 is 2.58 bits per heavy atom. The van der Waals surface area contributed by atoms with Gasteiger partial charge in [-0.1, -0.05) is 0 Å². The molecule has 0 amide bonds. The van der Waals surface area contributed by atoms with Crippen LogP contribution in [-0.4, -0.2) is 23.9 Å². The topological polar surface area (TPSA) is 52.3 Å². The minimum Gasteiger partial charge on any atom is -0.464 e. The Morgan fingerprint density at radius 1 is 1.92 bits per heavy atom. The van der Waals surface area contributed by atoms with Crippen molar-refractivity contribution in [2.24, 2.45) is 5.73 Å². The number of rotatable bonds is 2. The highest BCUT2D eigenvalue weighted by Gasteiger charge is 2.40. The lowest BCUT2D eigenvalue weighted by molar-refractivity contribution is -0.147. The molecule has 0 radical (unpaired) electrons. The summed E-state index contributed by atoms with van der Waals surface area (Å²) in [5.74, 6) is 0.279. The van der Waals surface area contributed by atoms with Crippen molar-refractivity contribution in [3.63, 3.8) is 0 Å². The summed E-state index contributed by atoms with van der Waals surface area (Å²) < 4.78 is 4.88. The molecule has 68 valence electrons. The molecule has 0 aliphatic carbocycles. The number of nitrogens with two attached hydrogens (primary N) is 1. The molecular formula is C8H13NO2S. The van der Waals surface area contributed by atoms with E-state index in [-0.39, 0.29) is 5.97 Å². The van der Waals surface area contributed by atoms with Gasteiger partial charge in [-0.05, 0) is 24.8 Å². The Morgan fingerprint density at radius 3 is 3.00 bits per heavy atom. The third kappa shape index (κ3) is 1.49. The number of carbonyl (C=O) groups excluding carboxylic acids is 1. The minimum absolute atomic E-state index is 0.316. The first kappa shape index (κ1) is 9.61. The standard InChI is InChI=1S/C8H13NO2S/c1-3-11-7(10)8(9)5-12-4-6(8)2/h4H,3,5,9H2,1-2H3. The Bertz CT molecular complexity index is 227. The van der Waals surface area contributed by atoms with E-state index in [1.807, 2.05) is 12.3 Å². The maximum absolute atomic E-state index is 11.4. The van der Waals surface area contributed by atoms with Crippen LogP contribution < -0.4 is 5.73 Å². The summed E-state index contributed by atoms with van der Waals surface area (Å²) in [5, 5.41) is 1.91. The number of thioether (sulfide) groups is 1. The van der Waals surface area contributed by atoms with Crippen LogP contribution in [0.5, 0.6) is 0 Å². The zero-order valence-electron chi connectivity index (χ0n) is 7.29. The van der Waals surface area contributed by atoms with E-state index in [1.165, 1.54) is 0 Å². The van der Waals surface area contributed by atoms with Crippen molar-refractivity contribution in [2.75, 3.05) is 12.4 Å². The monoisotopic (exact) mass is 187 g/mol. The number of ether oxygens (including phenoxy) is 1. The molecule has 0 spiro atoms. The van der Waals surface area contributed by atoms with Crippen LogP contribution >= 0.6 is 11.8 Å². The highest BCUT2D eigenvalue weighted by atomic mass is 32.2. The molecule has 0 bridgehead atoms. The van der Waals surface area contributed by atoms with Crippen molar-refractivity contribution in [3.8, 4) is 0 Å². The zero-order valence-corrected chi connectivity index (χ0v) is 8.11. The number of hydrogen-bond acceptors (Lipinski definition) is 4. The summed E-state index contributed by atoms with van der Waals surface area (Å²) in [4.78, 5) is 11.4. The first-order chi connectivity index (χ1) is 5.61. The third-order valence-corrected chi connectivity index (χ3v) is 3.06. The van der Waals surface area contributed by atoms with E-state index < -0.39 is 5.54 Å². The SMILES string of the molecule is CCOC(=O)C1(N)CSC=C1C. The zero-order chi connectivity index (χ0) is 9.19. The summed E-state index contributed by atoms with van der Waals surface area (Å²) in [6, 6.07) is 0. The molecule has 1 aliphatic heterocycles. The smallest absolute Gasteiger partial charge is 0.331 e. The van der Waals surface area contributed by atoms with Crippen molar-refractivity contribution in [3.05, 3.63) is 11.0 Å². The highest BCUT2D eigenvalue weighted by Crippen LogP contribution is 2.30. The number of hydrogen-bond donors (Lipinski definition) is 1. The van der Waals surface area contributed by atoms with Gasteiger partial charge >= 0.3 is 5.97 Å². The molecule has 0 aromatic carbocycles. The summed E-state index contributed by atoms with van der Waals surface area (Å²) >= 11 is 1.56. The van der Waals surface area contributed by atoms with Crippen molar-refractivity contribution in [2.45, 2.75) is 19.4 Å². The molecule has 0 saturated carbocycles. The van der Waals surface area contributed by atoms with Gasteiger partial charge in [-0.2, -0.15) is 0 Å². The fourth-order valence-electron chi connectivity index (χ4n) is 0.997. The number of carbonyl (C=O) groups is 1. The van der Waals surface area contributed by atoms with Crippen molar-refractivity contribution < 1.29 is 9.53 Å². The molecule has 0 aromatic heterocycles. The van der Waals surface area contributed by atoms with Crippen molar-refractivity contribution in [1.82, 2.24) is 0 Å². The van der Waals surface area contributed by atoms with E-state index >= 15 is 0 Å². The first-order valence-corrected chi connectivity index (χ1v) is 4.91. The molecule has 2 N–H and O–H groups in total. The molecule has 1 rings (SSSR count). The van der Waals surface area contributed by atoms with Crippen molar-refractivity contribution >= 4 is 17.7 Å². The average Bonchev–Trinajstić information content (AvgIpc) is 2.34. The van der Waals surface area contributed by atoms with E-state index in [2.05, 4.69) is 0 Å². The molecule has 12 heavy (non-hydrogen) atoms. The van der Waals surface area contributed by atoms with E-state index in [9.17, 15) is 4.79 Å². The molecule has 3 nitrogen and oxygen atoms in total. The van der Waals surface area contributed by atoms with Crippen LogP contribution in [0.3, 0.4) is 0 Å². The number of esters is 1. The van der Waals surface area contributed by atoms with Gasteiger partial charge in [0.25, 0.3) is 0 Å². The Labute approximate surface area is 76.3 Å². The lowest BCUT2D eigenvalue weighted by Crippen LogP contribution is -2.50. The second-order valence-corrected chi connectivity index (χ2v) is 3.66. The molecule has 4 heteroatoms. The van der Waals surface area contributed by atoms with Gasteiger partial charge in [-0.3, -0.25) is 0 Å². The van der Waals surface area contributed by atoms with Crippen LogP contribution in [0, 0.1) is 0 Å². The quantitative estimate of drug-likeness (QED) is 0.652. The molecule has 1 aliphatic rings. The second kappa shape index (κ2) is 3.49. The Kier molecular flexibility index (Phi) is 2.80. The predicted octanol–water partition coefficient (Wildman–Crippen LogP) is 0.898. The van der Waals surface area contributed by atoms with Gasteiger partial charge in [0.2, 0.25) is 0 Å². The fraction of sp³-hybridized carbons (Fsp3) is 0.625. The van der Waals surface area contributed by atoms with Gasteiger partial charge in [0.1, 0.15) is 5.54 Å². The average molecular weight is 187 g/mol.